The Kier molecular flexibility index (Phi) is 6.67. The van der Waals surface area contributed by atoms with Crippen molar-refractivity contribution in [2.45, 2.75) is 31.2 Å². The molecule has 0 aliphatic heterocycles. The van der Waals surface area contributed by atoms with E-state index in [1.165, 1.54) is 22.9 Å². The molecule has 0 saturated heterocycles. The number of carbonyl (C=O) groups excluding carboxylic acids is 1. The van der Waals surface area contributed by atoms with Crippen molar-refractivity contribution in [3.63, 3.8) is 0 Å². The lowest BCUT2D eigenvalue weighted by Gasteiger charge is -2.15. The van der Waals surface area contributed by atoms with E-state index in [9.17, 15) is 18.0 Å². The minimum atomic E-state index is -3.73. The molecule has 3 N–H and O–H groups in total. The summed E-state index contributed by atoms with van der Waals surface area (Å²) in [6.45, 7) is 3.92. The summed E-state index contributed by atoms with van der Waals surface area (Å²) >= 11 is 0. The number of primary sulfonamides is 1. The first kappa shape index (κ1) is 22.4. The molecular weight excluding hydrogens is 416 g/mol. The van der Waals surface area contributed by atoms with Crippen molar-refractivity contribution in [3.8, 4) is 11.3 Å². The van der Waals surface area contributed by atoms with E-state index in [0.717, 1.165) is 16.7 Å². The van der Waals surface area contributed by atoms with Crippen molar-refractivity contribution >= 4 is 15.9 Å². The molecule has 1 heterocycles. The van der Waals surface area contributed by atoms with Crippen LogP contribution in [0, 0.1) is 6.92 Å². The first-order valence-corrected chi connectivity index (χ1v) is 11.3. The second-order valence-electron chi connectivity index (χ2n) is 7.27. The maximum atomic E-state index is 12.6. The topological polar surface area (TPSA) is 124 Å². The Hall–Kier alpha value is -3.30. The Balaban J connectivity index is 1.65. The van der Waals surface area contributed by atoms with Crippen LogP contribution in [-0.4, -0.2) is 30.7 Å². The van der Waals surface area contributed by atoms with Gasteiger partial charge in [0, 0.05) is 18.2 Å². The van der Waals surface area contributed by atoms with Crippen LogP contribution in [0.3, 0.4) is 0 Å². The maximum absolute atomic E-state index is 12.6. The van der Waals surface area contributed by atoms with Crippen molar-refractivity contribution in [3.05, 3.63) is 82.1 Å². The number of nitrogens with two attached hydrogens (primary N) is 1. The lowest BCUT2D eigenvalue weighted by molar-refractivity contribution is -0.124. The van der Waals surface area contributed by atoms with Gasteiger partial charge in [-0.3, -0.25) is 9.59 Å². The lowest BCUT2D eigenvalue weighted by atomic mass is 10.1. The third-order valence-electron chi connectivity index (χ3n) is 4.88. The third kappa shape index (κ3) is 5.65. The molecule has 1 atom stereocenters. The number of aryl methyl sites for hydroxylation is 1. The van der Waals surface area contributed by atoms with Crippen LogP contribution in [0.25, 0.3) is 11.3 Å². The molecule has 3 aromatic rings. The fraction of sp³-hybridized carbons (Fsp3) is 0.227. The van der Waals surface area contributed by atoms with Gasteiger partial charge in [-0.05, 0) is 44.0 Å². The summed E-state index contributed by atoms with van der Waals surface area (Å²) in [5.74, 6) is -0.336. The summed E-state index contributed by atoms with van der Waals surface area (Å²) in [5, 5.41) is 12.2. The van der Waals surface area contributed by atoms with E-state index < -0.39 is 16.1 Å². The molecule has 1 unspecified atom stereocenters. The van der Waals surface area contributed by atoms with Gasteiger partial charge in [0.25, 0.3) is 5.56 Å². The molecule has 0 aliphatic rings. The molecule has 0 bridgehead atoms. The molecule has 31 heavy (non-hydrogen) atoms. The van der Waals surface area contributed by atoms with Gasteiger partial charge in [0.15, 0.2) is 0 Å². The highest BCUT2D eigenvalue weighted by Gasteiger charge is 2.18. The quantitative estimate of drug-likeness (QED) is 0.580. The van der Waals surface area contributed by atoms with E-state index in [4.69, 9.17) is 5.14 Å². The van der Waals surface area contributed by atoms with Gasteiger partial charge in [-0.25, -0.2) is 18.2 Å². The number of benzene rings is 2. The summed E-state index contributed by atoms with van der Waals surface area (Å²) in [6.07, 6.45) is 0.495. The molecule has 9 heteroatoms. The van der Waals surface area contributed by atoms with E-state index in [2.05, 4.69) is 10.4 Å². The van der Waals surface area contributed by atoms with Gasteiger partial charge in [-0.15, -0.1) is 0 Å². The predicted octanol–water partition coefficient (Wildman–Crippen LogP) is 1.79. The standard InChI is InChI=1S/C22H24N4O4S/c1-15-3-7-18(8-4-15)20-11-12-21(27)26(25-20)16(2)22(28)24-14-13-17-5-9-19(10-6-17)31(23,29)30/h3-12,16H,13-14H2,1-2H3,(H,24,28)(H2,23,29,30). The number of carbonyl (C=O) groups is 1. The first-order chi connectivity index (χ1) is 14.6. The minimum Gasteiger partial charge on any atom is -0.354 e. The molecule has 2 aromatic carbocycles. The van der Waals surface area contributed by atoms with Gasteiger partial charge in [0.1, 0.15) is 6.04 Å². The number of amides is 1. The molecule has 0 spiro atoms. The Bertz CT molecular complexity index is 1230. The molecule has 8 nitrogen and oxygen atoms in total. The molecule has 0 saturated carbocycles. The van der Waals surface area contributed by atoms with Crippen LogP contribution in [0.4, 0.5) is 0 Å². The number of nitrogens with zero attached hydrogens (tertiary/aromatic N) is 2. The van der Waals surface area contributed by atoms with E-state index in [0.29, 0.717) is 18.7 Å². The van der Waals surface area contributed by atoms with Gasteiger partial charge in [0.05, 0.1) is 10.6 Å². The summed E-state index contributed by atoms with van der Waals surface area (Å²) in [7, 11) is -3.73. The van der Waals surface area contributed by atoms with Crippen LogP contribution in [0.1, 0.15) is 24.1 Å². The molecule has 162 valence electrons. The number of nitrogens with one attached hydrogen (secondary N) is 1. The molecule has 1 aromatic heterocycles. The fourth-order valence-corrected chi connectivity index (χ4v) is 3.53. The van der Waals surface area contributed by atoms with E-state index in [-0.39, 0.29) is 16.4 Å². The summed E-state index contributed by atoms with van der Waals surface area (Å²) in [6, 6.07) is 16.1. The summed E-state index contributed by atoms with van der Waals surface area (Å²) in [4.78, 5) is 24.9. The zero-order chi connectivity index (χ0) is 22.6. The smallest absolute Gasteiger partial charge is 0.267 e. The van der Waals surface area contributed by atoms with E-state index in [1.807, 2.05) is 31.2 Å². The lowest BCUT2D eigenvalue weighted by Crippen LogP contribution is -2.37. The Morgan fingerprint density at radius 3 is 2.32 bits per heavy atom. The fourth-order valence-electron chi connectivity index (χ4n) is 3.02. The second-order valence-corrected chi connectivity index (χ2v) is 8.83. The van der Waals surface area contributed by atoms with Crippen molar-refractivity contribution in [2.75, 3.05) is 6.54 Å². The second kappa shape index (κ2) is 9.23. The van der Waals surface area contributed by atoms with Crippen molar-refractivity contribution in [1.29, 1.82) is 0 Å². The van der Waals surface area contributed by atoms with E-state index >= 15 is 0 Å². The predicted molar refractivity (Wildman–Crippen MR) is 118 cm³/mol. The largest absolute Gasteiger partial charge is 0.354 e. The van der Waals surface area contributed by atoms with E-state index in [1.54, 1.807) is 25.1 Å². The molecule has 1 amide bonds. The van der Waals surface area contributed by atoms with Crippen LogP contribution in [0.5, 0.6) is 0 Å². The summed E-state index contributed by atoms with van der Waals surface area (Å²) in [5.41, 5.74) is 3.06. The van der Waals surface area contributed by atoms with Crippen LogP contribution in [-0.2, 0) is 21.2 Å². The summed E-state index contributed by atoms with van der Waals surface area (Å²) < 4.78 is 23.8. The zero-order valence-electron chi connectivity index (χ0n) is 17.3. The number of aromatic nitrogens is 2. The Morgan fingerprint density at radius 1 is 1.06 bits per heavy atom. The number of rotatable bonds is 7. The number of hydrogen-bond acceptors (Lipinski definition) is 5. The van der Waals surface area contributed by atoms with Gasteiger partial charge < -0.3 is 5.32 Å². The van der Waals surface area contributed by atoms with Crippen molar-refractivity contribution in [1.82, 2.24) is 15.1 Å². The average Bonchev–Trinajstić information content (AvgIpc) is 2.74. The number of hydrogen-bond donors (Lipinski definition) is 2. The monoisotopic (exact) mass is 440 g/mol. The maximum Gasteiger partial charge on any atom is 0.267 e. The highest BCUT2D eigenvalue weighted by Crippen LogP contribution is 2.17. The molecule has 0 fully saturated rings. The van der Waals surface area contributed by atoms with Gasteiger partial charge in [0.2, 0.25) is 15.9 Å². The molecular formula is C22H24N4O4S. The highest BCUT2D eigenvalue weighted by atomic mass is 32.2. The third-order valence-corrected chi connectivity index (χ3v) is 5.81. The normalized spacial score (nSPS) is 12.4. The first-order valence-electron chi connectivity index (χ1n) is 9.71. The van der Waals surface area contributed by atoms with Crippen molar-refractivity contribution in [2.24, 2.45) is 5.14 Å². The van der Waals surface area contributed by atoms with Gasteiger partial charge in [-0.2, -0.15) is 5.10 Å². The SMILES string of the molecule is Cc1ccc(-c2ccc(=O)n(C(C)C(=O)NCCc3ccc(S(N)(=O)=O)cc3)n2)cc1. The minimum absolute atomic E-state index is 0.0350. The van der Waals surface area contributed by atoms with Crippen LogP contribution in [0.15, 0.2) is 70.4 Å². The van der Waals surface area contributed by atoms with Crippen LogP contribution in [0.2, 0.25) is 0 Å². The molecule has 0 radical (unpaired) electrons. The average molecular weight is 441 g/mol. The Morgan fingerprint density at radius 2 is 1.71 bits per heavy atom. The van der Waals surface area contributed by atoms with Gasteiger partial charge >= 0.3 is 0 Å². The van der Waals surface area contributed by atoms with Gasteiger partial charge in [-0.1, -0.05) is 42.0 Å². The number of sulfonamides is 1. The molecule has 3 rings (SSSR count). The van der Waals surface area contributed by atoms with Crippen molar-refractivity contribution < 1.29 is 13.2 Å². The molecule has 0 aliphatic carbocycles. The Labute approximate surface area is 180 Å². The highest BCUT2D eigenvalue weighted by molar-refractivity contribution is 7.89. The van der Waals surface area contributed by atoms with Crippen LogP contribution >= 0.6 is 0 Å². The van der Waals surface area contributed by atoms with Crippen LogP contribution < -0.4 is 16.0 Å². The zero-order valence-corrected chi connectivity index (χ0v) is 18.1.